The maximum absolute atomic E-state index is 9.76. The first kappa shape index (κ1) is 13.2. The third-order valence-electron chi connectivity index (χ3n) is 5.11. The standard InChI is InChI=1S/C17H24O/c1-5-7-13-10-14-8-9-15(18)11-16(14)17(4,6-2)12(13)3/h5,8-9,11-13,18H,1,6-7,10H2,2-4H3/t12-,13?,17-/m0/s1. The third kappa shape index (κ3) is 1.96. The van der Waals surface area contributed by atoms with Crippen LogP contribution in [0, 0.1) is 11.8 Å². The predicted octanol–water partition coefficient (Wildman–Crippen LogP) is 4.44. The van der Waals surface area contributed by atoms with Gasteiger partial charge in [0.2, 0.25) is 0 Å². The summed E-state index contributed by atoms with van der Waals surface area (Å²) < 4.78 is 0. The largest absolute Gasteiger partial charge is 0.508 e. The number of hydrogen-bond donors (Lipinski definition) is 1. The van der Waals surface area contributed by atoms with E-state index in [-0.39, 0.29) is 5.41 Å². The summed E-state index contributed by atoms with van der Waals surface area (Å²) in [6.45, 7) is 10.8. The van der Waals surface area contributed by atoms with Gasteiger partial charge in [0.25, 0.3) is 0 Å². The van der Waals surface area contributed by atoms with Gasteiger partial charge < -0.3 is 5.11 Å². The maximum Gasteiger partial charge on any atom is 0.115 e. The second kappa shape index (κ2) is 4.79. The molecule has 1 aliphatic carbocycles. The number of aromatic hydroxyl groups is 1. The van der Waals surface area contributed by atoms with Gasteiger partial charge >= 0.3 is 0 Å². The number of allylic oxidation sites excluding steroid dienone is 1. The molecular weight excluding hydrogens is 220 g/mol. The van der Waals surface area contributed by atoms with E-state index in [1.807, 2.05) is 18.2 Å². The number of benzene rings is 1. The van der Waals surface area contributed by atoms with E-state index in [1.165, 1.54) is 11.1 Å². The van der Waals surface area contributed by atoms with E-state index in [4.69, 9.17) is 0 Å². The van der Waals surface area contributed by atoms with Crippen LogP contribution in [0.4, 0.5) is 0 Å². The first-order chi connectivity index (χ1) is 8.52. The lowest BCUT2D eigenvalue weighted by molar-refractivity contribution is 0.188. The fourth-order valence-electron chi connectivity index (χ4n) is 3.51. The van der Waals surface area contributed by atoms with Crippen molar-refractivity contribution in [2.45, 2.75) is 45.4 Å². The van der Waals surface area contributed by atoms with Crippen LogP contribution >= 0.6 is 0 Å². The summed E-state index contributed by atoms with van der Waals surface area (Å²) in [6, 6.07) is 5.88. The van der Waals surface area contributed by atoms with Gasteiger partial charge in [-0.15, -0.1) is 6.58 Å². The van der Waals surface area contributed by atoms with Crippen LogP contribution in [0.25, 0.3) is 0 Å². The van der Waals surface area contributed by atoms with Crippen molar-refractivity contribution in [1.29, 1.82) is 0 Å². The average Bonchev–Trinajstić information content (AvgIpc) is 2.37. The molecule has 1 aliphatic rings. The molecule has 2 rings (SSSR count). The van der Waals surface area contributed by atoms with E-state index < -0.39 is 0 Å². The maximum atomic E-state index is 9.76. The second-order valence-electron chi connectivity index (χ2n) is 5.89. The Hall–Kier alpha value is -1.24. The van der Waals surface area contributed by atoms with Gasteiger partial charge in [-0.05, 0) is 59.8 Å². The molecule has 1 heteroatoms. The molecule has 18 heavy (non-hydrogen) atoms. The predicted molar refractivity (Wildman–Crippen MR) is 76.9 cm³/mol. The molecule has 1 aromatic rings. The van der Waals surface area contributed by atoms with Crippen LogP contribution in [0.3, 0.4) is 0 Å². The second-order valence-corrected chi connectivity index (χ2v) is 5.89. The van der Waals surface area contributed by atoms with Crippen LogP contribution in [0.2, 0.25) is 0 Å². The van der Waals surface area contributed by atoms with Crippen molar-refractivity contribution in [1.82, 2.24) is 0 Å². The molecule has 0 aliphatic heterocycles. The Morgan fingerprint density at radius 3 is 2.83 bits per heavy atom. The summed E-state index contributed by atoms with van der Waals surface area (Å²) in [5.74, 6) is 1.68. The van der Waals surface area contributed by atoms with Crippen LogP contribution in [0.1, 0.15) is 44.7 Å². The third-order valence-corrected chi connectivity index (χ3v) is 5.11. The van der Waals surface area contributed by atoms with Crippen molar-refractivity contribution in [2.75, 3.05) is 0 Å². The quantitative estimate of drug-likeness (QED) is 0.779. The lowest BCUT2D eigenvalue weighted by Gasteiger charge is -2.45. The molecule has 1 N–H and O–H groups in total. The van der Waals surface area contributed by atoms with Crippen molar-refractivity contribution in [3.63, 3.8) is 0 Å². The van der Waals surface area contributed by atoms with Crippen LogP contribution in [0.5, 0.6) is 5.75 Å². The minimum absolute atomic E-state index is 0.167. The van der Waals surface area contributed by atoms with E-state index in [1.54, 1.807) is 0 Å². The van der Waals surface area contributed by atoms with Gasteiger partial charge in [0.1, 0.15) is 5.75 Å². The van der Waals surface area contributed by atoms with Crippen molar-refractivity contribution < 1.29 is 5.11 Å². The Kier molecular flexibility index (Phi) is 3.52. The summed E-state index contributed by atoms with van der Waals surface area (Å²) in [7, 11) is 0. The summed E-state index contributed by atoms with van der Waals surface area (Å²) in [6.07, 6.45) is 5.34. The Labute approximate surface area is 111 Å². The molecule has 0 bridgehead atoms. The smallest absolute Gasteiger partial charge is 0.115 e. The highest BCUT2D eigenvalue weighted by Crippen LogP contribution is 2.48. The van der Waals surface area contributed by atoms with Crippen molar-refractivity contribution in [3.05, 3.63) is 42.0 Å². The zero-order chi connectivity index (χ0) is 13.3. The van der Waals surface area contributed by atoms with E-state index >= 15 is 0 Å². The van der Waals surface area contributed by atoms with Crippen LogP contribution in [-0.4, -0.2) is 5.11 Å². The molecule has 0 saturated carbocycles. The minimum Gasteiger partial charge on any atom is -0.508 e. The van der Waals surface area contributed by atoms with E-state index in [2.05, 4.69) is 33.4 Å². The highest BCUT2D eigenvalue weighted by molar-refractivity contribution is 5.42. The van der Waals surface area contributed by atoms with Crippen LogP contribution < -0.4 is 0 Å². The van der Waals surface area contributed by atoms with Gasteiger partial charge in [0.05, 0.1) is 0 Å². The lowest BCUT2D eigenvalue weighted by atomic mass is 9.59. The Balaban J connectivity index is 2.51. The molecule has 1 aromatic carbocycles. The molecule has 98 valence electrons. The van der Waals surface area contributed by atoms with Gasteiger partial charge in [-0.25, -0.2) is 0 Å². The molecule has 0 amide bonds. The monoisotopic (exact) mass is 244 g/mol. The molecule has 0 radical (unpaired) electrons. The van der Waals surface area contributed by atoms with Gasteiger partial charge in [-0.1, -0.05) is 32.9 Å². The zero-order valence-electron chi connectivity index (χ0n) is 11.7. The van der Waals surface area contributed by atoms with E-state index in [0.717, 1.165) is 19.3 Å². The van der Waals surface area contributed by atoms with Crippen LogP contribution in [-0.2, 0) is 11.8 Å². The Morgan fingerprint density at radius 1 is 1.50 bits per heavy atom. The minimum atomic E-state index is 0.167. The van der Waals surface area contributed by atoms with E-state index in [0.29, 0.717) is 17.6 Å². The molecule has 1 unspecified atom stereocenters. The first-order valence-electron chi connectivity index (χ1n) is 6.96. The van der Waals surface area contributed by atoms with Gasteiger partial charge in [-0.2, -0.15) is 0 Å². The fourth-order valence-corrected chi connectivity index (χ4v) is 3.51. The zero-order valence-corrected chi connectivity index (χ0v) is 11.7. The van der Waals surface area contributed by atoms with Gasteiger partial charge in [-0.3, -0.25) is 0 Å². The van der Waals surface area contributed by atoms with Gasteiger partial charge in [0, 0.05) is 0 Å². The number of rotatable bonds is 3. The SMILES string of the molecule is C=CCC1Cc2ccc(O)cc2[C@@](C)(CC)[C@H]1C. The summed E-state index contributed by atoms with van der Waals surface area (Å²) >= 11 is 0. The topological polar surface area (TPSA) is 20.2 Å². The number of fused-ring (bicyclic) bond motifs is 1. The molecule has 0 fully saturated rings. The molecular formula is C17H24O. The van der Waals surface area contributed by atoms with Gasteiger partial charge in [0.15, 0.2) is 0 Å². The molecule has 0 spiro atoms. The fraction of sp³-hybridized carbons (Fsp3) is 0.529. The van der Waals surface area contributed by atoms with Crippen LogP contribution in [0.15, 0.2) is 30.9 Å². The highest BCUT2D eigenvalue weighted by atomic mass is 16.3. The van der Waals surface area contributed by atoms with Crippen molar-refractivity contribution >= 4 is 0 Å². The Bertz CT molecular complexity index is 449. The highest BCUT2D eigenvalue weighted by Gasteiger charge is 2.41. The molecule has 1 nitrogen and oxygen atoms in total. The molecule has 3 atom stereocenters. The van der Waals surface area contributed by atoms with E-state index in [9.17, 15) is 5.11 Å². The lowest BCUT2D eigenvalue weighted by Crippen LogP contribution is -2.40. The average molecular weight is 244 g/mol. The summed E-state index contributed by atoms with van der Waals surface area (Å²) in [5.41, 5.74) is 2.92. The number of hydrogen-bond acceptors (Lipinski definition) is 1. The normalized spacial score (nSPS) is 30.8. The summed E-state index contributed by atoms with van der Waals surface area (Å²) in [5, 5.41) is 9.76. The van der Waals surface area contributed by atoms with Crippen molar-refractivity contribution in [3.8, 4) is 5.75 Å². The molecule has 0 saturated heterocycles. The Morgan fingerprint density at radius 2 is 2.22 bits per heavy atom. The number of phenols is 1. The molecule has 0 heterocycles. The van der Waals surface area contributed by atoms with Crippen molar-refractivity contribution in [2.24, 2.45) is 11.8 Å². The molecule has 0 aromatic heterocycles. The number of phenolic OH excluding ortho intramolecular Hbond substituents is 1. The first-order valence-corrected chi connectivity index (χ1v) is 6.96. The summed E-state index contributed by atoms with van der Waals surface area (Å²) in [4.78, 5) is 0.